The van der Waals surface area contributed by atoms with E-state index in [0.717, 1.165) is 63.4 Å². The van der Waals surface area contributed by atoms with Crippen molar-refractivity contribution < 1.29 is 24.2 Å². The average molecular weight is 457 g/mol. The van der Waals surface area contributed by atoms with Gasteiger partial charge in [-0.2, -0.15) is 0 Å². The van der Waals surface area contributed by atoms with Crippen molar-refractivity contribution in [3.8, 4) is 5.75 Å². The Kier molecular flexibility index (Phi) is 7.47. The highest BCUT2D eigenvalue weighted by atomic mass is 16.5. The van der Waals surface area contributed by atoms with Crippen LogP contribution in [-0.2, 0) is 14.3 Å². The zero-order valence-corrected chi connectivity index (χ0v) is 20.5. The number of aliphatic hydroxyl groups excluding tert-OH is 1. The van der Waals surface area contributed by atoms with Gasteiger partial charge in [0.1, 0.15) is 11.9 Å². The van der Waals surface area contributed by atoms with E-state index in [4.69, 9.17) is 9.47 Å². The summed E-state index contributed by atoms with van der Waals surface area (Å²) in [6, 6.07) is 5.83. The van der Waals surface area contributed by atoms with Crippen LogP contribution in [0.2, 0.25) is 0 Å². The molecule has 0 spiro atoms. The van der Waals surface area contributed by atoms with Crippen LogP contribution in [0.15, 0.2) is 18.2 Å². The second kappa shape index (κ2) is 10.2. The SMILES string of the molecule is CCCCC(=O)Oc1ccc2c(c1)[C@H](O)C[C@H]1[C@H]3CC[C@H](OC(=O)CCCC)[C@@]3(C)CC[C@@H]21. The Bertz CT molecular complexity index is 864. The van der Waals surface area contributed by atoms with E-state index in [0.29, 0.717) is 36.3 Å². The molecule has 0 radical (unpaired) electrons. The molecule has 3 aliphatic rings. The van der Waals surface area contributed by atoms with E-state index < -0.39 is 6.10 Å². The van der Waals surface area contributed by atoms with Gasteiger partial charge in [-0.25, -0.2) is 0 Å². The third-order valence-corrected chi connectivity index (χ3v) is 8.64. The van der Waals surface area contributed by atoms with Gasteiger partial charge in [0.15, 0.2) is 0 Å². The molecular weight excluding hydrogens is 416 g/mol. The molecule has 1 aromatic carbocycles. The van der Waals surface area contributed by atoms with Gasteiger partial charge in [0.25, 0.3) is 0 Å². The summed E-state index contributed by atoms with van der Waals surface area (Å²) in [7, 11) is 0. The minimum atomic E-state index is -0.552. The van der Waals surface area contributed by atoms with Gasteiger partial charge in [-0.1, -0.05) is 39.7 Å². The van der Waals surface area contributed by atoms with Crippen LogP contribution in [0.4, 0.5) is 0 Å². The lowest BCUT2D eigenvalue weighted by Gasteiger charge is -2.51. The number of carbonyl (C=O) groups excluding carboxylic acids is 2. The van der Waals surface area contributed by atoms with Crippen LogP contribution in [0.3, 0.4) is 0 Å². The molecule has 0 saturated heterocycles. The quantitative estimate of drug-likeness (QED) is 0.371. The molecule has 5 heteroatoms. The Labute approximate surface area is 198 Å². The fourth-order valence-corrected chi connectivity index (χ4v) is 6.82. The van der Waals surface area contributed by atoms with Gasteiger partial charge in [0.05, 0.1) is 6.10 Å². The van der Waals surface area contributed by atoms with Gasteiger partial charge in [-0.15, -0.1) is 0 Å². The lowest BCUT2D eigenvalue weighted by atomic mass is 9.55. The maximum atomic E-state index is 12.3. The topological polar surface area (TPSA) is 72.8 Å². The normalized spacial score (nSPS) is 32.4. The predicted molar refractivity (Wildman–Crippen MR) is 127 cm³/mol. The maximum Gasteiger partial charge on any atom is 0.311 e. The Morgan fingerprint density at radius 3 is 2.48 bits per heavy atom. The smallest absolute Gasteiger partial charge is 0.311 e. The lowest BCUT2D eigenvalue weighted by molar-refractivity contribution is -0.158. The van der Waals surface area contributed by atoms with E-state index in [1.54, 1.807) is 0 Å². The van der Waals surface area contributed by atoms with Crippen LogP contribution in [0, 0.1) is 17.3 Å². The Morgan fingerprint density at radius 1 is 1.03 bits per heavy atom. The maximum absolute atomic E-state index is 12.3. The molecule has 0 unspecified atom stereocenters. The fourth-order valence-electron chi connectivity index (χ4n) is 6.82. The van der Waals surface area contributed by atoms with E-state index in [9.17, 15) is 14.7 Å². The van der Waals surface area contributed by atoms with Crippen molar-refractivity contribution in [3.63, 3.8) is 0 Å². The van der Waals surface area contributed by atoms with Gasteiger partial charge in [-0.3, -0.25) is 9.59 Å². The summed E-state index contributed by atoms with van der Waals surface area (Å²) in [6.45, 7) is 6.45. The Morgan fingerprint density at radius 2 is 1.76 bits per heavy atom. The standard InChI is InChI=1S/C28H40O5/c1-4-6-8-26(30)32-18-10-11-19-20-14-15-28(3)23(21(20)17-24(29)22(19)16-18)12-13-25(28)33-27(31)9-7-5-2/h10-11,16,20-21,23-25,29H,4-9,12-15,17H2,1-3H3/t20-,21+,23+,24+,25-,28-/m0/s1. The molecule has 0 aliphatic heterocycles. The average Bonchev–Trinajstić information content (AvgIpc) is 3.13. The van der Waals surface area contributed by atoms with Crippen molar-refractivity contribution in [3.05, 3.63) is 29.3 Å². The molecule has 6 atom stereocenters. The number of fused-ring (bicyclic) bond motifs is 5. The number of benzene rings is 1. The summed E-state index contributed by atoms with van der Waals surface area (Å²) >= 11 is 0. The summed E-state index contributed by atoms with van der Waals surface area (Å²) in [6.07, 6.45) is 8.82. The van der Waals surface area contributed by atoms with E-state index in [2.05, 4.69) is 26.8 Å². The zero-order valence-electron chi connectivity index (χ0n) is 20.5. The van der Waals surface area contributed by atoms with Crippen LogP contribution in [0.25, 0.3) is 0 Å². The molecule has 1 N–H and O–H groups in total. The summed E-state index contributed by atoms with van der Waals surface area (Å²) in [5.41, 5.74) is 2.12. The first-order valence-electron chi connectivity index (χ1n) is 13.1. The first-order chi connectivity index (χ1) is 15.9. The number of unbranched alkanes of at least 4 members (excludes halogenated alkanes) is 2. The fraction of sp³-hybridized carbons (Fsp3) is 0.714. The zero-order chi connectivity index (χ0) is 23.6. The highest BCUT2D eigenvalue weighted by Crippen LogP contribution is 2.62. The lowest BCUT2D eigenvalue weighted by Crippen LogP contribution is -2.45. The van der Waals surface area contributed by atoms with Crippen LogP contribution in [0.5, 0.6) is 5.75 Å². The molecule has 2 saturated carbocycles. The number of hydrogen-bond donors (Lipinski definition) is 1. The first kappa shape index (κ1) is 24.3. The molecule has 3 aliphatic carbocycles. The number of aliphatic hydroxyl groups is 1. The van der Waals surface area contributed by atoms with Crippen molar-refractivity contribution in [1.82, 2.24) is 0 Å². The molecule has 2 fully saturated rings. The molecule has 0 heterocycles. The van der Waals surface area contributed by atoms with Gasteiger partial charge in [0, 0.05) is 18.3 Å². The molecular formula is C28H40O5. The van der Waals surface area contributed by atoms with Crippen LogP contribution < -0.4 is 4.74 Å². The van der Waals surface area contributed by atoms with Crippen molar-refractivity contribution in [1.29, 1.82) is 0 Å². The molecule has 182 valence electrons. The first-order valence-corrected chi connectivity index (χ1v) is 13.1. The van der Waals surface area contributed by atoms with E-state index >= 15 is 0 Å². The van der Waals surface area contributed by atoms with Crippen LogP contribution in [0.1, 0.15) is 115 Å². The second-order valence-corrected chi connectivity index (χ2v) is 10.7. The van der Waals surface area contributed by atoms with Gasteiger partial charge in [0.2, 0.25) is 0 Å². The molecule has 5 nitrogen and oxygen atoms in total. The number of hydrogen-bond acceptors (Lipinski definition) is 5. The van der Waals surface area contributed by atoms with E-state index in [1.807, 2.05) is 12.1 Å². The van der Waals surface area contributed by atoms with Gasteiger partial charge in [-0.05, 0) is 86.0 Å². The van der Waals surface area contributed by atoms with Crippen molar-refractivity contribution in [2.45, 2.75) is 110 Å². The van der Waals surface area contributed by atoms with E-state index in [-0.39, 0.29) is 23.5 Å². The highest BCUT2D eigenvalue weighted by Gasteiger charge is 2.57. The van der Waals surface area contributed by atoms with Crippen molar-refractivity contribution >= 4 is 11.9 Å². The molecule has 0 bridgehead atoms. The third kappa shape index (κ3) is 4.84. The molecule has 4 rings (SSSR count). The number of esters is 2. The largest absolute Gasteiger partial charge is 0.462 e. The highest BCUT2D eigenvalue weighted by molar-refractivity contribution is 5.72. The van der Waals surface area contributed by atoms with Crippen LogP contribution in [-0.4, -0.2) is 23.1 Å². The summed E-state index contributed by atoms with van der Waals surface area (Å²) in [5, 5.41) is 11.1. The summed E-state index contributed by atoms with van der Waals surface area (Å²) in [4.78, 5) is 24.4. The number of ether oxygens (including phenoxy) is 2. The van der Waals surface area contributed by atoms with E-state index in [1.165, 1.54) is 5.56 Å². The van der Waals surface area contributed by atoms with Gasteiger partial charge < -0.3 is 14.6 Å². The number of rotatable bonds is 8. The predicted octanol–water partition coefficient (Wildman–Crippen LogP) is 6.23. The third-order valence-electron chi connectivity index (χ3n) is 8.64. The Hall–Kier alpha value is -1.88. The molecule has 0 aromatic heterocycles. The van der Waals surface area contributed by atoms with Crippen molar-refractivity contribution in [2.24, 2.45) is 17.3 Å². The Balaban J connectivity index is 1.48. The summed E-state index contributed by atoms with van der Waals surface area (Å²) < 4.78 is 11.5. The van der Waals surface area contributed by atoms with Crippen molar-refractivity contribution in [2.75, 3.05) is 0 Å². The van der Waals surface area contributed by atoms with Crippen LogP contribution >= 0.6 is 0 Å². The number of carbonyl (C=O) groups is 2. The molecule has 0 amide bonds. The molecule has 1 aromatic rings. The molecule has 33 heavy (non-hydrogen) atoms. The minimum Gasteiger partial charge on any atom is -0.462 e. The van der Waals surface area contributed by atoms with Gasteiger partial charge >= 0.3 is 11.9 Å². The monoisotopic (exact) mass is 456 g/mol. The summed E-state index contributed by atoms with van der Waals surface area (Å²) in [5.74, 6) is 1.52. The minimum absolute atomic E-state index is 0.00347. The second-order valence-electron chi connectivity index (χ2n) is 10.7.